The van der Waals surface area contributed by atoms with Gasteiger partial charge in [-0.2, -0.15) is 0 Å². The van der Waals surface area contributed by atoms with Crippen molar-refractivity contribution in [2.75, 3.05) is 6.54 Å². The summed E-state index contributed by atoms with van der Waals surface area (Å²) in [6.07, 6.45) is 0.680. The van der Waals surface area contributed by atoms with Crippen molar-refractivity contribution < 1.29 is 9.18 Å². The van der Waals surface area contributed by atoms with Crippen LogP contribution in [0.4, 0.5) is 4.39 Å². The van der Waals surface area contributed by atoms with Crippen LogP contribution < -0.4 is 5.32 Å². The van der Waals surface area contributed by atoms with Gasteiger partial charge in [0.05, 0.1) is 6.04 Å². The van der Waals surface area contributed by atoms with Crippen LogP contribution in [0.1, 0.15) is 38.9 Å². The molecule has 104 valence electrons. The molecule has 0 spiro atoms. The molecule has 2 rings (SSSR count). The van der Waals surface area contributed by atoms with Crippen LogP contribution in [-0.4, -0.2) is 23.4 Å². The van der Waals surface area contributed by atoms with Crippen molar-refractivity contribution >= 4 is 5.91 Å². The Morgan fingerprint density at radius 3 is 2.74 bits per heavy atom. The third-order valence-corrected chi connectivity index (χ3v) is 3.49. The summed E-state index contributed by atoms with van der Waals surface area (Å²) in [5.41, 5.74) is 0.810. The first-order valence-corrected chi connectivity index (χ1v) is 6.86. The number of hydrogen-bond acceptors (Lipinski definition) is 2. The predicted molar refractivity (Wildman–Crippen MR) is 72.9 cm³/mol. The Hall–Kier alpha value is -1.42. The lowest BCUT2D eigenvalue weighted by Gasteiger charge is -2.24. The van der Waals surface area contributed by atoms with E-state index < -0.39 is 0 Å². The first-order valence-electron chi connectivity index (χ1n) is 6.86. The molecule has 0 radical (unpaired) electrons. The molecule has 4 heteroatoms. The van der Waals surface area contributed by atoms with E-state index in [2.05, 4.69) is 5.32 Å². The Kier molecular flexibility index (Phi) is 4.20. The van der Waals surface area contributed by atoms with Crippen molar-refractivity contribution in [1.29, 1.82) is 0 Å². The van der Waals surface area contributed by atoms with Gasteiger partial charge in [-0.3, -0.25) is 10.1 Å². The highest BCUT2D eigenvalue weighted by atomic mass is 19.1. The van der Waals surface area contributed by atoms with Crippen LogP contribution in [0, 0.1) is 11.7 Å². The lowest BCUT2D eigenvalue weighted by atomic mass is 10.1. The normalized spacial score (nSPS) is 23.4. The van der Waals surface area contributed by atoms with E-state index in [4.69, 9.17) is 0 Å². The summed E-state index contributed by atoms with van der Waals surface area (Å²) in [6.45, 7) is 6.77. The molecule has 0 bridgehead atoms. The lowest BCUT2D eigenvalue weighted by Crippen LogP contribution is -2.34. The maximum absolute atomic E-state index is 13.4. The third-order valence-electron chi connectivity index (χ3n) is 3.49. The van der Waals surface area contributed by atoms with Crippen molar-refractivity contribution in [1.82, 2.24) is 10.2 Å². The molecule has 19 heavy (non-hydrogen) atoms. The second-order valence-corrected chi connectivity index (χ2v) is 5.38. The molecule has 3 nitrogen and oxygen atoms in total. The van der Waals surface area contributed by atoms with Crippen molar-refractivity contribution in [2.24, 2.45) is 5.92 Å². The van der Waals surface area contributed by atoms with Crippen LogP contribution in [0.25, 0.3) is 0 Å². The van der Waals surface area contributed by atoms with Gasteiger partial charge in [-0.05, 0) is 30.0 Å². The molecule has 1 aromatic rings. The summed E-state index contributed by atoms with van der Waals surface area (Å²) >= 11 is 0. The van der Waals surface area contributed by atoms with Gasteiger partial charge >= 0.3 is 0 Å². The smallest absolute Gasteiger partial charge is 0.241 e. The van der Waals surface area contributed by atoms with Crippen molar-refractivity contribution in [3.05, 3.63) is 35.6 Å². The molecule has 1 aliphatic heterocycles. The largest absolute Gasteiger partial charge is 0.322 e. The number of hydrogen-bond donors (Lipinski definition) is 1. The fourth-order valence-electron chi connectivity index (χ4n) is 2.55. The second kappa shape index (κ2) is 5.70. The number of benzene rings is 1. The molecule has 1 amide bonds. The molecule has 1 fully saturated rings. The molecule has 2 atom stereocenters. The first-order chi connectivity index (χ1) is 9.04. The van der Waals surface area contributed by atoms with Gasteiger partial charge < -0.3 is 4.90 Å². The molecule has 1 heterocycles. The number of carbonyl (C=O) groups excluding carboxylic acids is 1. The highest BCUT2D eigenvalue weighted by molar-refractivity contribution is 5.84. The number of amides is 1. The molecule has 0 aromatic heterocycles. The average Bonchev–Trinajstić information content (AvgIpc) is 2.68. The van der Waals surface area contributed by atoms with E-state index in [0.717, 1.165) is 12.0 Å². The van der Waals surface area contributed by atoms with Crippen LogP contribution in [-0.2, 0) is 4.79 Å². The maximum atomic E-state index is 13.4. The summed E-state index contributed by atoms with van der Waals surface area (Å²) in [4.78, 5) is 14.2. The van der Waals surface area contributed by atoms with Gasteiger partial charge in [0.2, 0.25) is 5.91 Å². The van der Waals surface area contributed by atoms with E-state index in [-0.39, 0.29) is 29.8 Å². The molecule has 2 unspecified atom stereocenters. The molecule has 1 N–H and O–H groups in total. The molecule has 1 saturated heterocycles. The van der Waals surface area contributed by atoms with E-state index in [1.807, 2.05) is 31.7 Å². The maximum Gasteiger partial charge on any atom is 0.241 e. The quantitative estimate of drug-likeness (QED) is 0.907. The summed E-state index contributed by atoms with van der Waals surface area (Å²) in [7, 11) is 0. The Labute approximate surface area is 113 Å². The van der Waals surface area contributed by atoms with Crippen molar-refractivity contribution in [2.45, 2.75) is 39.4 Å². The number of nitrogens with one attached hydrogen (secondary N) is 1. The third kappa shape index (κ3) is 2.78. The molecule has 0 saturated carbocycles. The van der Waals surface area contributed by atoms with Crippen LogP contribution in [0.5, 0.6) is 0 Å². The minimum Gasteiger partial charge on any atom is -0.322 e. The van der Waals surface area contributed by atoms with Crippen LogP contribution in [0.15, 0.2) is 24.3 Å². The second-order valence-electron chi connectivity index (χ2n) is 5.38. The van der Waals surface area contributed by atoms with Crippen molar-refractivity contribution in [3.63, 3.8) is 0 Å². The molecule has 0 aliphatic carbocycles. The Morgan fingerprint density at radius 2 is 2.16 bits per heavy atom. The Balaban J connectivity index is 2.29. The van der Waals surface area contributed by atoms with Gasteiger partial charge in [0, 0.05) is 6.54 Å². The molecular formula is C15H21FN2O. The summed E-state index contributed by atoms with van der Waals surface area (Å²) in [5.74, 6) is 0.0766. The number of halogens is 1. The predicted octanol–water partition coefficient (Wildman–Crippen LogP) is 2.69. The molecule has 1 aliphatic rings. The van der Waals surface area contributed by atoms with E-state index in [0.29, 0.717) is 6.54 Å². The van der Waals surface area contributed by atoms with E-state index >= 15 is 0 Å². The van der Waals surface area contributed by atoms with E-state index in [1.54, 1.807) is 6.07 Å². The van der Waals surface area contributed by atoms with E-state index in [1.165, 1.54) is 12.1 Å². The van der Waals surface area contributed by atoms with Gasteiger partial charge in [0.15, 0.2) is 0 Å². The fourth-order valence-corrected chi connectivity index (χ4v) is 2.55. The average molecular weight is 264 g/mol. The van der Waals surface area contributed by atoms with Crippen LogP contribution >= 0.6 is 0 Å². The van der Waals surface area contributed by atoms with Gasteiger partial charge in [-0.25, -0.2) is 4.39 Å². The zero-order chi connectivity index (χ0) is 14.0. The lowest BCUT2D eigenvalue weighted by molar-refractivity contribution is -0.130. The van der Waals surface area contributed by atoms with Crippen LogP contribution in [0.3, 0.4) is 0 Å². The highest BCUT2D eigenvalue weighted by Gasteiger charge is 2.40. The monoisotopic (exact) mass is 264 g/mol. The van der Waals surface area contributed by atoms with E-state index in [9.17, 15) is 9.18 Å². The zero-order valence-electron chi connectivity index (χ0n) is 11.7. The van der Waals surface area contributed by atoms with Gasteiger partial charge in [0.25, 0.3) is 0 Å². The Bertz CT molecular complexity index is 461. The number of nitrogens with zero attached hydrogens (tertiary/aromatic N) is 1. The summed E-state index contributed by atoms with van der Waals surface area (Å²) in [5, 5.41) is 3.33. The summed E-state index contributed by atoms with van der Waals surface area (Å²) < 4.78 is 13.4. The first kappa shape index (κ1) is 14.0. The topological polar surface area (TPSA) is 32.3 Å². The van der Waals surface area contributed by atoms with Crippen molar-refractivity contribution in [3.8, 4) is 0 Å². The SMILES string of the molecule is CCCN1C(=O)C(C(C)C)NC1c1cccc(F)c1. The molecule has 1 aromatic carbocycles. The number of rotatable bonds is 4. The van der Waals surface area contributed by atoms with Gasteiger partial charge in [0.1, 0.15) is 12.0 Å². The van der Waals surface area contributed by atoms with Crippen LogP contribution in [0.2, 0.25) is 0 Å². The standard InChI is InChI=1S/C15H21FN2O/c1-4-8-18-14(11-6-5-7-12(16)9-11)17-13(10(2)3)15(18)19/h5-7,9-10,13-14,17H,4,8H2,1-3H3. The number of carbonyl (C=O) groups is 1. The summed E-state index contributed by atoms with van der Waals surface area (Å²) in [6, 6.07) is 6.28. The minimum atomic E-state index is -0.267. The molecular weight excluding hydrogens is 243 g/mol. The Morgan fingerprint density at radius 1 is 1.42 bits per heavy atom. The zero-order valence-corrected chi connectivity index (χ0v) is 11.7. The van der Waals surface area contributed by atoms with Gasteiger partial charge in [-0.1, -0.05) is 32.9 Å². The minimum absolute atomic E-state index is 0.117. The fraction of sp³-hybridized carbons (Fsp3) is 0.533. The highest BCUT2D eigenvalue weighted by Crippen LogP contribution is 2.28. The van der Waals surface area contributed by atoms with Gasteiger partial charge in [-0.15, -0.1) is 0 Å².